The molecule has 136 valence electrons. The number of carbonyl (C=O) groups is 2. The van der Waals surface area contributed by atoms with Crippen LogP contribution < -0.4 is 10.6 Å². The predicted molar refractivity (Wildman–Crippen MR) is 79.3 cm³/mol. The van der Waals surface area contributed by atoms with Crippen LogP contribution in [0.5, 0.6) is 0 Å². The van der Waals surface area contributed by atoms with Crippen LogP contribution in [0.25, 0.3) is 11.0 Å². The van der Waals surface area contributed by atoms with Crippen molar-refractivity contribution in [1.82, 2.24) is 14.9 Å². The number of aromatic nitrogens is 2. The molecule has 0 saturated carbocycles. The van der Waals surface area contributed by atoms with Crippen LogP contribution in [0.1, 0.15) is 19.8 Å². The summed E-state index contributed by atoms with van der Waals surface area (Å²) in [6.45, 7) is 2.04. The summed E-state index contributed by atoms with van der Waals surface area (Å²) in [5.74, 6) is -8.44. The maximum atomic E-state index is 14.1. The van der Waals surface area contributed by atoms with Crippen LogP contribution >= 0.6 is 0 Å². The minimum Gasteiger partial charge on any atom is -0.453 e. The Labute approximate surface area is 139 Å². The molecule has 0 radical (unpaired) electrons. The SMILES string of the molecule is CCCCNC(=O)n1c(NC(=O)OC)nc2c(F)c(F)c(F)c(F)c21. The molecule has 7 nitrogen and oxygen atoms in total. The minimum atomic E-state index is -2.10. The molecule has 0 atom stereocenters. The summed E-state index contributed by atoms with van der Waals surface area (Å²) in [4.78, 5) is 27.1. The van der Waals surface area contributed by atoms with Crippen LogP contribution in [0, 0.1) is 23.3 Å². The number of nitrogens with one attached hydrogen (secondary N) is 2. The van der Waals surface area contributed by atoms with Crippen molar-refractivity contribution in [3.63, 3.8) is 0 Å². The number of ether oxygens (including phenoxy) is 1. The smallest absolute Gasteiger partial charge is 0.413 e. The van der Waals surface area contributed by atoms with E-state index in [1.807, 2.05) is 12.2 Å². The topological polar surface area (TPSA) is 85.2 Å². The highest BCUT2D eigenvalue weighted by Gasteiger charge is 2.29. The lowest BCUT2D eigenvalue weighted by molar-refractivity contribution is 0.186. The van der Waals surface area contributed by atoms with E-state index in [9.17, 15) is 27.2 Å². The van der Waals surface area contributed by atoms with Crippen molar-refractivity contribution < 1.29 is 31.9 Å². The number of rotatable bonds is 4. The summed E-state index contributed by atoms with van der Waals surface area (Å²) >= 11 is 0. The molecule has 0 aliphatic heterocycles. The molecule has 0 fully saturated rings. The van der Waals surface area contributed by atoms with E-state index < -0.39 is 52.4 Å². The van der Waals surface area contributed by atoms with Crippen LogP contribution in [0.3, 0.4) is 0 Å². The number of methoxy groups -OCH3 is 1. The van der Waals surface area contributed by atoms with Gasteiger partial charge < -0.3 is 10.1 Å². The van der Waals surface area contributed by atoms with E-state index in [1.54, 1.807) is 0 Å². The second-order valence-corrected chi connectivity index (χ2v) is 4.93. The van der Waals surface area contributed by atoms with Gasteiger partial charge in [0.15, 0.2) is 23.3 Å². The summed E-state index contributed by atoms with van der Waals surface area (Å²) in [7, 11) is 1.00. The molecule has 1 aromatic heterocycles. The van der Waals surface area contributed by atoms with Gasteiger partial charge in [0.1, 0.15) is 11.0 Å². The highest BCUT2D eigenvalue weighted by Crippen LogP contribution is 2.29. The van der Waals surface area contributed by atoms with Gasteiger partial charge in [-0.25, -0.2) is 36.7 Å². The molecule has 2 rings (SSSR count). The van der Waals surface area contributed by atoms with E-state index in [4.69, 9.17) is 0 Å². The third-order valence-corrected chi connectivity index (χ3v) is 3.28. The summed E-state index contributed by atoms with van der Waals surface area (Å²) in [6.07, 6.45) is 0.221. The molecule has 1 heterocycles. The van der Waals surface area contributed by atoms with E-state index in [1.165, 1.54) is 0 Å². The molecule has 1 aromatic carbocycles. The monoisotopic (exact) mass is 362 g/mol. The van der Waals surface area contributed by atoms with Gasteiger partial charge in [0.05, 0.1) is 7.11 Å². The van der Waals surface area contributed by atoms with Crippen molar-refractivity contribution in [2.24, 2.45) is 0 Å². The molecular formula is C14H14F4N4O3. The first-order valence-electron chi connectivity index (χ1n) is 7.21. The number of fused-ring (bicyclic) bond motifs is 1. The second kappa shape index (κ2) is 7.36. The molecule has 0 saturated heterocycles. The van der Waals surface area contributed by atoms with Crippen molar-refractivity contribution in [2.75, 3.05) is 19.0 Å². The summed E-state index contributed by atoms with van der Waals surface area (Å²) < 4.78 is 59.7. The molecule has 0 unspecified atom stereocenters. The van der Waals surface area contributed by atoms with Gasteiger partial charge in [0.25, 0.3) is 0 Å². The van der Waals surface area contributed by atoms with Gasteiger partial charge in [-0.3, -0.25) is 5.32 Å². The normalized spacial score (nSPS) is 10.8. The second-order valence-electron chi connectivity index (χ2n) is 4.93. The van der Waals surface area contributed by atoms with E-state index in [2.05, 4.69) is 15.0 Å². The van der Waals surface area contributed by atoms with Gasteiger partial charge in [-0.2, -0.15) is 0 Å². The third-order valence-electron chi connectivity index (χ3n) is 3.28. The van der Waals surface area contributed by atoms with E-state index in [0.29, 0.717) is 11.0 Å². The molecule has 0 bridgehead atoms. The third kappa shape index (κ3) is 3.35. The number of nitrogens with zero attached hydrogens (tertiary/aromatic N) is 2. The van der Waals surface area contributed by atoms with Gasteiger partial charge in [-0.05, 0) is 6.42 Å². The lowest BCUT2D eigenvalue weighted by atomic mass is 10.2. The van der Waals surface area contributed by atoms with Crippen molar-refractivity contribution in [1.29, 1.82) is 0 Å². The number of unbranched alkanes of at least 4 members (excludes halogenated alkanes) is 1. The van der Waals surface area contributed by atoms with Crippen molar-refractivity contribution in [3.8, 4) is 0 Å². The van der Waals surface area contributed by atoms with Gasteiger partial charge in [-0.15, -0.1) is 0 Å². The first-order valence-corrected chi connectivity index (χ1v) is 7.21. The Hall–Kier alpha value is -2.85. The van der Waals surface area contributed by atoms with Crippen molar-refractivity contribution in [2.45, 2.75) is 19.8 Å². The molecule has 2 aromatic rings. The quantitative estimate of drug-likeness (QED) is 0.379. The Morgan fingerprint density at radius 1 is 1.12 bits per heavy atom. The molecule has 11 heteroatoms. The summed E-state index contributed by atoms with van der Waals surface area (Å²) in [5, 5.41) is 4.34. The Bertz CT molecular complexity index is 838. The zero-order valence-electron chi connectivity index (χ0n) is 13.3. The molecule has 25 heavy (non-hydrogen) atoms. The number of anilines is 1. The van der Waals surface area contributed by atoms with Crippen LogP contribution in [-0.2, 0) is 4.74 Å². The molecule has 2 N–H and O–H groups in total. The molecule has 0 aliphatic carbocycles. The number of hydrogen-bond acceptors (Lipinski definition) is 4. The molecular weight excluding hydrogens is 348 g/mol. The highest BCUT2D eigenvalue weighted by molar-refractivity contribution is 5.96. The van der Waals surface area contributed by atoms with Crippen molar-refractivity contribution >= 4 is 29.1 Å². The van der Waals surface area contributed by atoms with E-state index in [-0.39, 0.29) is 6.54 Å². The number of carbonyl (C=O) groups excluding carboxylic acids is 2. The van der Waals surface area contributed by atoms with Gasteiger partial charge in [0, 0.05) is 6.54 Å². The number of imidazole rings is 1. The van der Waals surface area contributed by atoms with Crippen LogP contribution in [-0.4, -0.2) is 35.3 Å². The average Bonchev–Trinajstić information content (AvgIpc) is 2.97. The predicted octanol–water partition coefficient (Wildman–Crippen LogP) is 3.13. The maximum Gasteiger partial charge on any atom is 0.413 e. The average molecular weight is 362 g/mol. The number of hydrogen-bond donors (Lipinski definition) is 2. The van der Waals surface area contributed by atoms with Crippen molar-refractivity contribution in [3.05, 3.63) is 23.3 Å². The first kappa shape index (κ1) is 18.5. The molecule has 0 aliphatic rings. The highest BCUT2D eigenvalue weighted by atomic mass is 19.2. The molecule has 0 spiro atoms. The lowest BCUT2D eigenvalue weighted by Gasteiger charge is -2.10. The lowest BCUT2D eigenvalue weighted by Crippen LogP contribution is -2.31. The fourth-order valence-corrected chi connectivity index (χ4v) is 2.05. The fourth-order valence-electron chi connectivity index (χ4n) is 2.05. The Morgan fingerprint density at radius 3 is 2.36 bits per heavy atom. The number of amides is 2. The zero-order valence-corrected chi connectivity index (χ0v) is 13.3. The van der Waals surface area contributed by atoms with Crippen LogP contribution in [0.15, 0.2) is 0 Å². The summed E-state index contributed by atoms with van der Waals surface area (Å²) in [5.41, 5.74) is -1.90. The van der Waals surface area contributed by atoms with Crippen LogP contribution in [0.2, 0.25) is 0 Å². The summed E-state index contributed by atoms with van der Waals surface area (Å²) in [6, 6.07) is -1.01. The fraction of sp³-hybridized carbons (Fsp3) is 0.357. The van der Waals surface area contributed by atoms with Crippen LogP contribution in [0.4, 0.5) is 33.1 Å². The Kier molecular flexibility index (Phi) is 5.45. The Morgan fingerprint density at radius 2 is 1.76 bits per heavy atom. The zero-order chi connectivity index (χ0) is 18.7. The number of benzene rings is 1. The first-order chi connectivity index (χ1) is 11.8. The number of halogens is 4. The minimum absolute atomic E-state index is 0.181. The Balaban J connectivity index is 2.67. The molecule has 2 amide bonds. The van der Waals surface area contributed by atoms with E-state index >= 15 is 0 Å². The standard InChI is InChI=1S/C14H14F4N4O3/c1-3-4-5-19-13(23)22-11-9(18)7(16)6(15)8(17)10(11)20-12(22)21-14(24)25-2/h3-5H2,1-2H3,(H,19,23)(H,20,21,24). The van der Waals surface area contributed by atoms with Gasteiger partial charge >= 0.3 is 12.1 Å². The van der Waals surface area contributed by atoms with Gasteiger partial charge in [-0.1, -0.05) is 13.3 Å². The van der Waals surface area contributed by atoms with Gasteiger partial charge in [0.2, 0.25) is 5.95 Å². The van der Waals surface area contributed by atoms with E-state index in [0.717, 1.165) is 13.5 Å². The largest absolute Gasteiger partial charge is 0.453 e. The maximum absolute atomic E-state index is 14.1.